The van der Waals surface area contributed by atoms with Crippen molar-refractivity contribution in [3.05, 3.63) is 29.8 Å². The summed E-state index contributed by atoms with van der Waals surface area (Å²) in [5.41, 5.74) is 27.9. The van der Waals surface area contributed by atoms with E-state index < -0.39 is 175 Å². The lowest BCUT2D eigenvalue weighted by atomic mass is 10.00. The Hall–Kier alpha value is -8.76. The monoisotopic (exact) mass is 1280 g/mol. The van der Waals surface area contributed by atoms with Gasteiger partial charge in [-0.3, -0.25) is 62.5 Å². The highest BCUT2D eigenvalue weighted by Crippen LogP contribution is 2.15. The summed E-state index contributed by atoms with van der Waals surface area (Å²) in [7, 11) is 0. The molecule has 0 spiro atoms. The number of aliphatic imine (C=N–C) groups is 1. The van der Waals surface area contributed by atoms with Crippen molar-refractivity contribution < 1.29 is 87.9 Å². The largest absolute Gasteiger partial charge is 0.508 e. The van der Waals surface area contributed by atoms with E-state index in [1.54, 1.807) is 27.7 Å². The van der Waals surface area contributed by atoms with E-state index in [4.69, 9.17) is 28.7 Å². The van der Waals surface area contributed by atoms with E-state index in [1.165, 1.54) is 31.2 Å². The lowest BCUT2D eigenvalue weighted by molar-refractivity contribution is -0.143. The van der Waals surface area contributed by atoms with Crippen molar-refractivity contribution in [1.82, 2.24) is 53.2 Å². The minimum absolute atomic E-state index is 0.0205. The molecule has 1 rings (SSSR count). The number of carboxylic acids is 2. The van der Waals surface area contributed by atoms with Crippen LogP contribution >= 0.6 is 0 Å². The highest BCUT2D eigenvalue weighted by atomic mass is 16.4. The summed E-state index contributed by atoms with van der Waals surface area (Å²) < 4.78 is 0. The standard InChI is InChI=1S/C56H94N16O18/c1-27(2)23-38(68-46(80)29(5)58)50(84)66-36(17-19-41(59)76)49(83)70-40(25-32-13-15-33(75)16-14-32)52(86)64-34(11-8-9-21-57)48(82)69-39(24-28(3)4)51(85)65-35(18-20-43(78)79)47(81)63-26-42(77)71-44(30(6)73)54(88)72-45(31(7)74)53(87)67-37(55(89)90)12-10-22-62-56(60)61/h13-16,27-31,34-40,44-45,73-75H,8-12,17-26,57-58H2,1-7H3,(H2,59,76)(H,63,81)(H,64,86)(H,65,85)(H,66,84)(H,67,87)(H,68,80)(H,69,82)(H,70,83)(H,71,77)(H,72,88)(H,78,79)(H,89,90)(H4,60,61,62)/t29-,30+,31+,34-,35-,36-,37-,38-,39-,40-,44-,45-/m0/s1. The molecule has 0 saturated carbocycles. The number of phenols is 1. The highest BCUT2D eigenvalue weighted by Gasteiger charge is 2.37. The first-order chi connectivity index (χ1) is 42.1. The number of guanidine groups is 1. The molecular formula is C56H94N16O18. The van der Waals surface area contributed by atoms with Gasteiger partial charge in [0.05, 0.1) is 24.8 Å². The maximum Gasteiger partial charge on any atom is 0.326 e. The van der Waals surface area contributed by atoms with Gasteiger partial charge in [-0.2, -0.15) is 0 Å². The third kappa shape index (κ3) is 31.4. The van der Waals surface area contributed by atoms with Gasteiger partial charge in [-0.05, 0) is 115 Å². The van der Waals surface area contributed by atoms with Gasteiger partial charge in [0.1, 0.15) is 60.1 Å². The van der Waals surface area contributed by atoms with Crippen LogP contribution in [0.25, 0.3) is 0 Å². The lowest BCUT2D eigenvalue weighted by Gasteiger charge is -2.28. The maximum absolute atomic E-state index is 14.5. The maximum atomic E-state index is 14.5. The summed E-state index contributed by atoms with van der Waals surface area (Å²) in [4.78, 5) is 177. The molecule has 0 aliphatic carbocycles. The van der Waals surface area contributed by atoms with Crippen LogP contribution in [0.4, 0.5) is 0 Å². The second-order valence-electron chi connectivity index (χ2n) is 22.6. The molecule has 1 aromatic rings. The van der Waals surface area contributed by atoms with E-state index in [2.05, 4.69) is 58.2 Å². The Balaban J connectivity index is 3.53. The van der Waals surface area contributed by atoms with Gasteiger partial charge in [-0.15, -0.1) is 0 Å². The number of benzene rings is 1. The number of aliphatic hydroxyl groups excluding tert-OH is 2. The molecule has 0 fully saturated rings. The molecule has 0 aromatic heterocycles. The predicted molar refractivity (Wildman–Crippen MR) is 324 cm³/mol. The van der Waals surface area contributed by atoms with E-state index in [9.17, 15) is 87.9 Å². The number of hydrogen-bond acceptors (Lipinski definition) is 19. The average molecular weight is 1280 g/mol. The number of primary amides is 1. The van der Waals surface area contributed by atoms with Crippen molar-refractivity contribution in [2.75, 3.05) is 19.6 Å². The second kappa shape index (κ2) is 40.7. The topological polar surface area (TPSA) is 586 Å². The molecule has 0 aliphatic heterocycles. The number of nitrogens with two attached hydrogens (primary N) is 5. The summed E-state index contributed by atoms with van der Waals surface area (Å²) in [6.45, 7) is 9.73. The highest BCUT2D eigenvalue weighted by molar-refractivity contribution is 5.99. The summed E-state index contributed by atoms with van der Waals surface area (Å²) in [5, 5.41) is 74.1. The Bertz CT molecular complexity index is 2620. The van der Waals surface area contributed by atoms with Crippen LogP contribution in [0.15, 0.2) is 29.3 Å². The van der Waals surface area contributed by atoms with Crippen LogP contribution in [0.5, 0.6) is 5.75 Å². The first-order valence-corrected chi connectivity index (χ1v) is 29.4. The third-order valence-electron chi connectivity index (χ3n) is 13.4. The number of unbranched alkanes of at least 4 members (excludes halogenated alkanes) is 1. The van der Waals surface area contributed by atoms with E-state index >= 15 is 0 Å². The van der Waals surface area contributed by atoms with Gasteiger partial charge in [0.25, 0.3) is 0 Å². The van der Waals surface area contributed by atoms with Crippen molar-refractivity contribution in [3.63, 3.8) is 0 Å². The number of carbonyl (C=O) groups excluding carboxylic acids is 11. The lowest BCUT2D eigenvalue weighted by Crippen LogP contribution is -2.61. The summed E-state index contributed by atoms with van der Waals surface area (Å²) in [6, 6.07) is -9.58. The summed E-state index contributed by atoms with van der Waals surface area (Å²) >= 11 is 0. The molecule has 1 aromatic carbocycles. The van der Waals surface area contributed by atoms with Crippen molar-refractivity contribution >= 4 is 82.9 Å². The fourth-order valence-corrected chi connectivity index (χ4v) is 8.59. The molecule has 0 radical (unpaired) electrons. The van der Waals surface area contributed by atoms with Crippen molar-refractivity contribution in [2.24, 2.45) is 45.5 Å². The zero-order valence-electron chi connectivity index (χ0n) is 51.9. The van der Waals surface area contributed by atoms with Gasteiger partial charge in [-0.25, -0.2) is 4.79 Å². The molecule has 11 amide bonds. The Morgan fingerprint density at radius 2 is 0.911 bits per heavy atom. The molecule has 506 valence electrons. The Labute approximate surface area is 521 Å². The third-order valence-corrected chi connectivity index (χ3v) is 13.4. The minimum Gasteiger partial charge on any atom is -0.508 e. The molecule has 25 N–H and O–H groups in total. The molecule has 0 saturated heterocycles. The predicted octanol–water partition coefficient (Wildman–Crippen LogP) is -5.99. The van der Waals surface area contributed by atoms with Crippen molar-refractivity contribution in [2.45, 2.75) is 198 Å². The van der Waals surface area contributed by atoms with Gasteiger partial charge in [-0.1, -0.05) is 39.8 Å². The second-order valence-corrected chi connectivity index (χ2v) is 22.6. The zero-order chi connectivity index (χ0) is 68.5. The number of nitrogens with one attached hydrogen (secondary N) is 10. The number of carbonyl (C=O) groups is 13. The van der Waals surface area contributed by atoms with Crippen LogP contribution < -0.4 is 81.8 Å². The molecule has 34 nitrogen and oxygen atoms in total. The molecule has 0 heterocycles. The van der Waals surface area contributed by atoms with E-state index in [0.29, 0.717) is 12.0 Å². The summed E-state index contributed by atoms with van der Waals surface area (Å²) in [5.74, 6) is -14.6. The van der Waals surface area contributed by atoms with Crippen LogP contribution in [0.2, 0.25) is 0 Å². The first kappa shape index (κ1) is 79.3. The van der Waals surface area contributed by atoms with E-state index in [0.717, 1.165) is 13.8 Å². The van der Waals surface area contributed by atoms with Gasteiger partial charge in [0.15, 0.2) is 5.96 Å². The first-order valence-electron chi connectivity index (χ1n) is 29.4. The quantitative estimate of drug-likeness (QED) is 0.0164. The molecule has 12 atom stereocenters. The number of carboxylic acid groups (broad SMARTS) is 2. The zero-order valence-corrected chi connectivity index (χ0v) is 51.9. The smallest absolute Gasteiger partial charge is 0.326 e. The van der Waals surface area contributed by atoms with E-state index in [1.807, 2.05) is 0 Å². The van der Waals surface area contributed by atoms with Crippen LogP contribution in [-0.2, 0) is 68.7 Å². The molecule has 0 aliphatic rings. The molecule has 90 heavy (non-hydrogen) atoms. The van der Waals surface area contributed by atoms with Gasteiger partial charge in [0, 0.05) is 25.8 Å². The number of nitrogens with zero attached hydrogens (tertiary/aromatic N) is 1. The van der Waals surface area contributed by atoms with Crippen LogP contribution in [0.1, 0.15) is 125 Å². The number of amides is 11. The van der Waals surface area contributed by atoms with Gasteiger partial charge >= 0.3 is 11.9 Å². The van der Waals surface area contributed by atoms with Crippen LogP contribution in [0, 0.1) is 11.8 Å². The Kier molecular flexibility index (Phi) is 35.9. The number of aliphatic hydroxyl groups is 2. The number of aliphatic carboxylic acids is 2. The minimum atomic E-state index is -1.86. The molecule has 0 bridgehead atoms. The van der Waals surface area contributed by atoms with Crippen molar-refractivity contribution in [3.8, 4) is 5.75 Å². The SMILES string of the molecule is CC(C)C[C@H](NC(=O)[C@H](C)N)C(=O)N[C@@H](CCC(N)=O)C(=O)N[C@@H](Cc1ccc(O)cc1)C(=O)N[C@@H](CCCCN)C(=O)N[C@@H](CC(C)C)C(=O)N[C@@H](CCC(=O)O)C(=O)NCC(=O)N[C@H](C(=O)N[C@H](C(=O)N[C@@H](CCCN=C(N)N)C(=O)O)[C@@H](C)O)[C@@H](C)O. The fourth-order valence-electron chi connectivity index (χ4n) is 8.59. The van der Waals surface area contributed by atoms with Gasteiger partial charge < -0.3 is 107 Å². The normalized spacial score (nSPS) is 15.1. The van der Waals surface area contributed by atoms with Crippen LogP contribution in [-0.4, -0.2) is 201 Å². The number of aromatic hydroxyl groups is 1. The van der Waals surface area contributed by atoms with E-state index in [-0.39, 0.29) is 88.0 Å². The number of hydrogen-bond donors (Lipinski definition) is 20. The molecular weight excluding hydrogens is 1180 g/mol. The van der Waals surface area contributed by atoms with Crippen molar-refractivity contribution in [1.29, 1.82) is 0 Å². The number of phenolic OH excluding ortho intramolecular Hbond substituents is 1. The average Bonchev–Trinajstić information content (AvgIpc) is 2.85. The molecule has 34 heteroatoms. The van der Waals surface area contributed by atoms with Gasteiger partial charge in [0.2, 0.25) is 65.0 Å². The Morgan fingerprint density at radius 1 is 0.489 bits per heavy atom. The summed E-state index contributed by atoms with van der Waals surface area (Å²) in [6.07, 6.45) is -5.25. The Morgan fingerprint density at radius 3 is 1.38 bits per heavy atom. The fraction of sp³-hybridized carbons (Fsp3) is 0.643. The molecule has 0 unspecified atom stereocenters. The van der Waals surface area contributed by atoms with Crippen LogP contribution in [0.3, 0.4) is 0 Å². The number of rotatable bonds is 43.